The molecule has 2 N–H and O–H groups in total. The van der Waals surface area contributed by atoms with E-state index in [4.69, 9.17) is 11.6 Å². The van der Waals surface area contributed by atoms with Gasteiger partial charge < -0.3 is 15.5 Å². The SMILES string of the molecule is CC(C)[C@@H](NC(=O)[C@H]1CCNC1)C(=O)N1CCC(c2ccc(Cl)cc2)C(C)(C)C1. The number of hydrogen-bond acceptors (Lipinski definition) is 3. The Bertz CT molecular complexity index is 726. The van der Waals surface area contributed by atoms with E-state index in [0.717, 1.165) is 24.4 Å². The first-order valence-corrected chi connectivity index (χ1v) is 11.1. The Morgan fingerprint density at radius 3 is 2.45 bits per heavy atom. The Kier molecular flexibility index (Phi) is 6.90. The first kappa shape index (κ1) is 22.1. The lowest BCUT2D eigenvalue weighted by molar-refractivity contribution is -0.141. The van der Waals surface area contributed by atoms with E-state index in [1.807, 2.05) is 30.9 Å². The summed E-state index contributed by atoms with van der Waals surface area (Å²) >= 11 is 6.05. The van der Waals surface area contributed by atoms with Gasteiger partial charge in [0.25, 0.3) is 0 Å². The van der Waals surface area contributed by atoms with Crippen molar-refractivity contribution in [2.45, 2.75) is 52.5 Å². The minimum atomic E-state index is -0.467. The van der Waals surface area contributed by atoms with Crippen LogP contribution >= 0.6 is 11.6 Å². The van der Waals surface area contributed by atoms with Crippen molar-refractivity contribution in [3.05, 3.63) is 34.9 Å². The standard InChI is InChI=1S/C23H34ClN3O2/c1-15(2)20(26-21(28)17-9-11-25-13-17)22(29)27-12-10-19(23(3,4)14-27)16-5-7-18(24)8-6-16/h5-8,15,17,19-20,25H,9-14H2,1-4H3,(H,26,28)/t17-,19?,20+/m0/s1. The highest BCUT2D eigenvalue weighted by atomic mass is 35.5. The first-order valence-electron chi connectivity index (χ1n) is 10.7. The minimum Gasteiger partial charge on any atom is -0.344 e. The van der Waals surface area contributed by atoms with E-state index in [0.29, 0.717) is 25.6 Å². The number of benzene rings is 1. The van der Waals surface area contributed by atoms with Crippen LogP contribution in [-0.4, -0.2) is 48.9 Å². The average Bonchev–Trinajstić information content (AvgIpc) is 3.20. The van der Waals surface area contributed by atoms with Gasteiger partial charge in [-0.15, -0.1) is 0 Å². The van der Waals surface area contributed by atoms with Crippen LogP contribution in [0.5, 0.6) is 0 Å². The van der Waals surface area contributed by atoms with Crippen molar-refractivity contribution in [2.24, 2.45) is 17.3 Å². The van der Waals surface area contributed by atoms with Gasteiger partial charge in [-0.3, -0.25) is 9.59 Å². The van der Waals surface area contributed by atoms with Crippen LogP contribution in [0.4, 0.5) is 0 Å². The number of rotatable bonds is 5. The third-order valence-electron chi connectivity index (χ3n) is 6.48. The van der Waals surface area contributed by atoms with Gasteiger partial charge in [0.2, 0.25) is 11.8 Å². The Morgan fingerprint density at radius 2 is 1.90 bits per heavy atom. The normalized spacial score (nSPS) is 25.1. The fraction of sp³-hybridized carbons (Fsp3) is 0.652. The largest absolute Gasteiger partial charge is 0.344 e. The summed E-state index contributed by atoms with van der Waals surface area (Å²) < 4.78 is 0. The van der Waals surface area contributed by atoms with Crippen LogP contribution < -0.4 is 10.6 Å². The number of likely N-dealkylation sites (tertiary alicyclic amines) is 1. The highest BCUT2D eigenvalue weighted by Crippen LogP contribution is 2.42. The smallest absolute Gasteiger partial charge is 0.245 e. The summed E-state index contributed by atoms with van der Waals surface area (Å²) in [6, 6.07) is 7.60. The molecular weight excluding hydrogens is 386 g/mol. The summed E-state index contributed by atoms with van der Waals surface area (Å²) in [6.07, 6.45) is 1.75. The van der Waals surface area contributed by atoms with Gasteiger partial charge in [-0.05, 0) is 54.3 Å². The summed E-state index contributed by atoms with van der Waals surface area (Å²) in [5.74, 6) is 0.439. The third-order valence-corrected chi connectivity index (χ3v) is 6.73. The summed E-state index contributed by atoms with van der Waals surface area (Å²) in [5, 5.41) is 7.01. The van der Waals surface area contributed by atoms with Crippen molar-refractivity contribution in [1.82, 2.24) is 15.5 Å². The second-order valence-corrected chi connectivity index (χ2v) is 10.00. The molecule has 6 heteroatoms. The van der Waals surface area contributed by atoms with Crippen molar-refractivity contribution < 1.29 is 9.59 Å². The van der Waals surface area contributed by atoms with Crippen molar-refractivity contribution in [1.29, 1.82) is 0 Å². The molecule has 2 aliphatic rings. The van der Waals surface area contributed by atoms with Crippen LogP contribution in [0.15, 0.2) is 24.3 Å². The van der Waals surface area contributed by atoms with Crippen LogP contribution in [0.2, 0.25) is 5.02 Å². The maximum atomic E-state index is 13.3. The zero-order valence-electron chi connectivity index (χ0n) is 18.0. The van der Waals surface area contributed by atoms with Gasteiger partial charge in [0.05, 0.1) is 5.92 Å². The van der Waals surface area contributed by atoms with Crippen LogP contribution in [-0.2, 0) is 9.59 Å². The van der Waals surface area contributed by atoms with Gasteiger partial charge in [0.15, 0.2) is 0 Å². The Hall–Kier alpha value is -1.59. The molecule has 2 heterocycles. The molecule has 1 aromatic carbocycles. The van der Waals surface area contributed by atoms with Crippen LogP contribution in [0.25, 0.3) is 0 Å². The van der Waals surface area contributed by atoms with E-state index in [1.54, 1.807) is 0 Å². The van der Waals surface area contributed by atoms with Crippen molar-refractivity contribution in [3.63, 3.8) is 0 Å². The predicted molar refractivity (Wildman–Crippen MR) is 117 cm³/mol. The number of amides is 2. The highest BCUT2D eigenvalue weighted by Gasteiger charge is 2.41. The van der Waals surface area contributed by atoms with E-state index in [9.17, 15) is 9.59 Å². The molecule has 0 bridgehead atoms. The first-order chi connectivity index (χ1) is 13.7. The Balaban J connectivity index is 1.68. The molecule has 1 aromatic rings. The molecule has 2 aliphatic heterocycles. The van der Waals surface area contributed by atoms with Gasteiger partial charge in [-0.2, -0.15) is 0 Å². The van der Waals surface area contributed by atoms with Gasteiger partial charge in [0.1, 0.15) is 6.04 Å². The quantitative estimate of drug-likeness (QED) is 0.768. The number of hydrogen-bond donors (Lipinski definition) is 2. The fourth-order valence-corrected chi connectivity index (χ4v) is 4.84. The lowest BCUT2D eigenvalue weighted by atomic mass is 9.70. The second-order valence-electron chi connectivity index (χ2n) is 9.56. The predicted octanol–water partition coefficient (Wildman–Crippen LogP) is 3.43. The fourth-order valence-electron chi connectivity index (χ4n) is 4.72. The van der Waals surface area contributed by atoms with Crippen LogP contribution in [0.1, 0.15) is 52.0 Å². The molecule has 29 heavy (non-hydrogen) atoms. The number of carbonyl (C=O) groups excluding carboxylic acids is 2. The number of halogens is 1. The van der Waals surface area contributed by atoms with E-state index < -0.39 is 6.04 Å². The summed E-state index contributed by atoms with van der Waals surface area (Å²) in [6.45, 7) is 11.4. The maximum Gasteiger partial charge on any atom is 0.245 e. The zero-order valence-corrected chi connectivity index (χ0v) is 18.8. The molecule has 0 aliphatic carbocycles. The molecule has 0 radical (unpaired) electrons. The van der Waals surface area contributed by atoms with Crippen LogP contribution in [0, 0.1) is 17.3 Å². The zero-order chi connectivity index (χ0) is 21.2. The Labute approximate surface area is 179 Å². The van der Waals surface area contributed by atoms with E-state index >= 15 is 0 Å². The number of nitrogens with one attached hydrogen (secondary N) is 2. The van der Waals surface area contributed by atoms with Gasteiger partial charge >= 0.3 is 0 Å². The summed E-state index contributed by atoms with van der Waals surface area (Å²) in [5.41, 5.74) is 1.22. The maximum absolute atomic E-state index is 13.3. The number of piperidine rings is 1. The monoisotopic (exact) mass is 419 g/mol. The lowest BCUT2D eigenvalue weighted by Gasteiger charge is -2.45. The number of nitrogens with zero attached hydrogens (tertiary/aromatic N) is 1. The molecule has 5 nitrogen and oxygen atoms in total. The molecule has 160 valence electrons. The van der Waals surface area contributed by atoms with E-state index in [1.165, 1.54) is 5.56 Å². The molecule has 3 atom stereocenters. The highest BCUT2D eigenvalue weighted by molar-refractivity contribution is 6.30. The molecule has 0 spiro atoms. The molecular formula is C23H34ClN3O2. The van der Waals surface area contributed by atoms with E-state index in [-0.39, 0.29) is 29.1 Å². The summed E-state index contributed by atoms with van der Waals surface area (Å²) in [4.78, 5) is 27.9. The average molecular weight is 420 g/mol. The molecule has 3 rings (SSSR count). The molecule has 0 saturated carbocycles. The minimum absolute atomic E-state index is 0.00244. The Morgan fingerprint density at radius 1 is 1.21 bits per heavy atom. The van der Waals surface area contributed by atoms with Gasteiger partial charge in [0, 0.05) is 24.7 Å². The topological polar surface area (TPSA) is 61.4 Å². The molecule has 2 fully saturated rings. The van der Waals surface area contributed by atoms with E-state index in [2.05, 4.69) is 36.6 Å². The summed E-state index contributed by atoms with van der Waals surface area (Å²) in [7, 11) is 0. The molecule has 1 unspecified atom stereocenters. The molecule has 2 amide bonds. The number of carbonyl (C=O) groups is 2. The van der Waals surface area contributed by atoms with Crippen LogP contribution in [0.3, 0.4) is 0 Å². The van der Waals surface area contributed by atoms with Gasteiger partial charge in [-0.25, -0.2) is 0 Å². The lowest BCUT2D eigenvalue weighted by Crippen LogP contribution is -2.56. The molecule has 0 aromatic heterocycles. The molecule has 2 saturated heterocycles. The van der Waals surface area contributed by atoms with Gasteiger partial charge in [-0.1, -0.05) is 51.4 Å². The van der Waals surface area contributed by atoms with Crippen molar-refractivity contribution in [3.8, 4) is 0 Å². The second kappa shape index (κ2) is 9.05. The third kappa shape index (κ3) is 5.13. The van der Waals surface area contributed by atoms with Crippen molar-refractivity contribution in [2.75, 3.05) is 26.2 Å². The van der Waals surface area contributed by atoms with Crippen molar-refractivity contribution >= 4 is 23.4 Å².